The molecule has 1 fully saturated rings. The molecule has 0 saturated carbocycles. The van der Waals surface area contributed by atoms with Crippen molar-refractivity contribution in [3.05, 3.63) is 5.69 Å². The van der Waals surface area contributed by atoms with E-state index in [1.54, 1.807) is 4.90 Å². The number of nitrogens with two attached hydrogens (primary N) is 1. The standard InChI is InChI=1S/C9H16N6OS/c1-14-3-2-4-15(6-8(14)16)5-7-9(11-10)17-13-12-7/h11H,2-6,10H2,1H3. The largest absolute Gasteiger partial charge is 0.345 e. The van der Waals surface area contributed by atoms with Gasteiger partial charge in [-0.1, -0.05) is 4.49 Å². The summed E-state index contributed by atoms with van der Waals surface area (Å²) in [6.07, 6.45) is 0.977. The maximum Gasteiger partial charge on any atom is 0.236 e. The molecule has 2 heterocycles. The average molecular weight is 256 g/mol. The van der Waals surface area contributed by atoms with E-state index in [0.717, 1.165) is 30.2 Å². The minimum absolute atomic E-state index is 0.146. The normalized spacial score (nSPS) is 18.2. The minimum atomic E-state index is 0.146. The van der Waals surface area contributed by atoms with E-state index in [0.29, 0.717) is 13.1 Å². The zero-order chi connectivity index (χ0) is 12.3. The monoisotopic (exact) mass is 256 g/mol. The van der Waals surface area contributed by atoms with Crippen LogP contribution in [0.3, 0.4) is 0 Å². The molecule has 1 aliphatic rings. The third-order valence-electron chi connectivity index (χ3n) is 2.81. The predicted octanol–water partition coefficient (Wildman–Crippen LogP) is -0.512. The Morgan fingerprint density at radius 1 is 1.53 bits per heavy atom. The Hall–Kier alpha value is -1.25. The lowest BCUT2D eigenvalue weighted by molar-refractivity contribution is -0.130. The van der Waals surface area contributed by atoms with E-state index in [1.165, 1.54) is 11.5 Å². The van der Waals surface area contributed by atoms with E-state index in [4.69, 9.17) is 5.84 Å². The number of anilines is 1. The van der Waals surface area contributed by atoms with Gasteiger partial charge in [0.2, 0.25) is 5.91 Å². The van der Waals surface area contributed by atoms with Crippen LogP contribution in [0.5, 0.6) is 0 Å². The van der Waals surface area contributed by atoms with Gasteiger partial charge in [-0.25, -0.2) is 5.84 Å². The summed E-state index contributed by atoms with van der Waals surface area (Å²) >= 11 is 1.23. The Morgan fingerprint density at radius 3 is 3.12 bits per heavy atom. The molecule has 17 heavy (non-hydrogen) atoms. The first kappa shape index (κ1) is 12.2. The van der Waals surface area contributed by atoms with Crippen molar-refractivity contribution in [2.24, 2.45) is 5.84 Å². The molecule has 1 aliphatic heterocycles. The molecule has 1 aromatic heterocycles. The van der Waals surface area contributed by atoms with Gasteiger partial charge in [-0.15, -0.1) is 5.10 Å². The highest BCUT2D eigenvalue weighted by Gasteiger charge is 2.20. The van der Waals surface area contributed by atoms with Crippen LogP contribution in [0.1, 0.15) is 12.1 Å². The van der Waals surface area contributed by atoms with Crippen molar-refractivity contribution in [3.8, 4) is 0 Å². The van der Waals surface area contributed by atoms with Crippen molar-refractivity contribution in [2.75, 3.05) is 32.1 Å². The molecule has 0 radical (unpaired) electrons. The first-order valence-corrected chi connectivity index (χ1v) is 6.22. The molecule has 94 valence electrons. The third-order valence-corrected chi connectivity index (χ3v) is 3.51. The quantitative estimate of drug-likeness (QED) is 0.559. The Kier molecular flexibility index (Phi) is 3.87. The van der Waals surface area contributed by atoms with Crippen molar-refractivity contribution < 1.29 is 4.79 Å². The van der Waals surface area contributed by atoms with E-state index in [-0.39, 0.29) is 5.91 Å². The fraction of sp³-hybridized carbons (Fsp3) is 0.667. The number of rotatable bonds is 3. The molecule has 2 rings (SSSR count). The van der Waals surface area contributed by atoms with Crippen molar-refractivity contribution in [2.45, 2.75) is 13.0 Å². The molecule has 0 spiro atoms. The van der Waals surface area contributed by atoms with Crippen LogP contribution in [0.25, 0.3) is 0 Å². The highest BCUT2D eigenvalue weighted by Crippen LogP contribution is 2.18. The number of hydrazine groups is 1. The van der Waals surface area contributed by atoms with Crippen molar-refractivity contribution in [1.82, 2.24) is 19.4 Å². The van der Waals surface area contributed by atoms with Gasteiger partial charge in [0.15, 0.2) is 0 Å². The molecular formula is C9H16N6OS. The maximum absolute atomic E-state index is 11.7. The minimum Gasteiger partial charge on any atom is -0.345 e. The molecular weight excluding hydrogens is 240 g/mol. The second-order valence-corrected chi connectivity index (χ2v) is 4.83. The van der Waals surface area contributed by atoms with Crippen LogP contribution in [0.4, 0.5) is 5.00 Å². The van der Waals surface area contributed by atoms with Crippen LogP contribution in [0, 0.1) is 0 Å². The number of carbonyl (C=O) groups excluding carboxylic acids is 1. The first-order valence-electron chi connectivity index (χ1n) is 5.45. The molecule has 0 unspecified atom stereocenters. The highest BCUT2D eigenvalue weighted by molar-refractivity contribution is 7.10. The van der Waals surface area contributed by atoms with Crippen molar-refractivity contribution in [3.63, 3.8) is 0 Å². The number of nitrogen functional groups attached to an aromatic ring is 1. The summed E-state index contributed by atoms with van der Waals surface area (Å²) < 4.78 is 3.84. The van der Waals surface area contributed by atoms with E-state index in [2.05, 4.69) is 19.9 Å². The Bertz CT molecular complexity index is 395. The highest BCUT2D eigenvalue weighted by atomic mass is 32.1. The zero-order valence-corrected chi connectivity index (χ0v) is 10.5. The van der Waals surface area contributed by atoms with Crippen LogP contribution in [0.2, 0.25) is 0 Å². The average Bonchev–Trinajstić information content (AvgIpc) is 2.69. The van der Waals surface area contributed by atoms with Crippen LogP contribution >= 0.6 is 11.5 Å². The lowest BCUT2D eigenvalue weighted by Gasteiger charge is -2.18. The van der Waals surface area contributed by atoms with E-state index in [9.17, 15) is 4.79 Å². The van der Waals surface area contributed by atoms with Gasteiger partial charge in [0.05, 0.1) is 6.54 Å². The SMILES string of the molecule is CN1CCCN(Cc2nnsc2NN)CC1=O. The molecule has 3 N–H and O–H groups in total. The van der Waals surface area contributed by atoms with Gasteiger partial charge in [-0.05, 0) is 6.42 Å². The molecule has 0 aliphatic carbocycles. The summed E-state index contributed by atoms with van der Waals surface area (Å²) in [5, 5.41) is 4.77. The summed E-state index contributed by atoms with van der Waals surface area (Å²) in [6.45, 7) is 2.73. The number of nitrogens with one attached hydrogen (secondary N) is 1. The summed E-state index contributed by atoms with van der Waals surface area (Å²) in [5.74, 6) is 5.51. The maximum atomic E-state index is 11.7. The number of aromatic nitrogens is 2. The van der Waals surface area contributed by atoms with Gasteiger partial charge >= 0.3 is 0 Å². The zero-order valence-electron chi connectivity index (χ0n) is 9.72. The predicted molar refractivity (Wildman–Crippen MR) is 65.3 cm³/mol. The lowest BCUT2D eigenvalue weighted by atomic mass is 10.3. The topological polar surface area (TPSA) is 87.4 Å². The number of likely N-dealkylation sites (N-methyl/N-ethyl adjacent to an activating group) is 1. The van der Waals surface area contributed by atoms with Gasteiger partial charge in [0.1, 0.15) is 10.7 Å². The lowest BCUT2D eigenvalue weighted by Crippen LogP contribution is -2.34. The summed E-state index contributed by atoms with van der Waals surface area (Å²) in [7, 11) is 1.84. The van der Waals surface area contributed by atoms with Crippen molar-refractivity contribution in [1.29, 1.82) is 0 Å². The summed E-state index contributed by atoms with van der Waals surface area (Å²) in [5.41, 5.74) is 3.37. The Balaban J connectivity index is 2.01. The molecule has 1 aromatic rings. The van der Waals surface area contributed by atoms with Gasteiger partial charge < -0.3 is 10.3 Å². The molecule has 1 amide bonds. The molecule has 0 aromatic carbocycles. The first-order chi connectivity index (χ1) is 8.20. The molecule has 8 heteroatoms. The number of nitrogens with zero attached hydrogens (tertiary/aromatic N) is 4. The Morgan fingerprint density at radius 2 is 2.35 bits per heavy atom. The smallest absolute Gasteiger partial charge is 0.236 e. The molecule has 7 nitrogen and oxygen atoms in total. The van der Waals surface area contributed by atoms with Crippen LogP contribution in [0.15, 0.2) is 0 Å². The second kappa shape index (κ2) is 5.39. The van der Waals surface area contributed by atoms with E-state index in [1.807, 2.05) is 7.05 Å². The molecule has 0 bridgehead atoms. The molecule has 1 saturated heterocycles. The Labute approximate surface area is 104 Å². The molecule has 0 atom stereocenters. The van der Waals surface area contributed by atoms with Gasteiger partial charge in [0.25, 0.3) is 0 Å². The number of amides is 1. The number of hydrogen-bond acceptors (Lipinski definition) is 7. The number of hydrogen-bond donors (Lipinski definition) is 2. The fourth-order valence-electron chi connectivity index (χ4n) is 1.82. The van der Waals surface area contributed by atoms with Gasteiger partial charge in [-0.3, -0.25) is 9.69 Å². The van der Waals surface area contributed by atoms with E-state index >= 15 is 0 Å². The van der Waals surface area contributed by atoms with Crippen LogP contribution < -0.4 is 11.3 Å². The summed E-state index contributed by atoms with van der Waals surface area (Å²) in [4.78, 5) is 15.6. The van der Waals surface area contributed by atoms with Gasteiger partial charge in [0, 0.05) is 38.2 Å². The van der Waals surface area contributed by atoms with Crippen LogP contribution in [-0.4, -0.2) is 52.0 Å². The third kappa shape index (κ3) is 2.90. The fourth-order valence-corrected chi connectivity index (χ4v) is 2.30. The number of carbonyl (C=O) groups is 1. The second-order valence-electron chi connectivity index (χ2n) is 4.07. The summed E-state index contributed by atoms with van der Waals surface area (Å²) in [6, 6.07) is 0. The van der Waals surface area contributed by atoms with Crippen molar-refractivity contribution >= 4 is 22.4 Å². The van der Waals surface area contributed by atoms with E-state index < -0.39 is 0 Å². The van der Waals surface area contributed by atoms with Gasteiger partial charge in [-0.2, -0.15) is 0 Å². The van der Waals surface area contributed by atoms with Crippen LogP contribution in [-0.2, 0) is 11.3 Å².